The van der Waals surface area contributed by atoms with Crippen LogP contribution in [0.4, 0.5) is 5.69 Å². The summed E-state index contributed by atoms with van der Waals surface area (Å²) in [5.74, 6) is 0. The molecule has 1 heterocycles. The summed E-state index contributed by atoms with van der Waals surface area (Å²) in [5.41, 5.74) is 2.88. The van der Waals surface area contributed by atoms with Crippen LogP contribution in [0.25, 0.3) is 0 Å². The second kappa shape index (κ2) is 6.18. The molecule has 0 radical (unpaired) electrons. The normalized spacial score (nSPS) is 25.3. The highest BCUT2D eigenvalue weighted by Gasteiger charge is 2.40. The first-order chi connectivity index (χ1) is 10.2. The van der Waals surface area contributed by atoms with E-state index in [-0.39, 0.29) is 0 Å². The van der Waals surface area contributed by atoms with Crippen LogP contribution in [0, 0.1) is 6.92 Å². The Morgan fingerprint density at radius 3 is 2.71 bits per heavy atom. The smallest absolute Gasteiger partial charge is 0.0642 e. The molecule has 2 aliphatic rings. The van der Waals surface area contributed by atoms with Gasteiger partial charge < -0.3 is 10.2 Å². The minimum Gasteiger partial charge on any atom is -0.364 e. The Hall–Kier alpha value is -0.730. The second-order valence-corrected chi connectivity index (χ2v) is 7.22. The van der Waals surface area contributed by atoms with Gasteiger partial charge in [0.15, 0.2) is 0 Å². The highest BCUT2D eigenvalue weighted by atomic mass is 35.5. The molecular formula is C18H27ClN2. The summed E-state index contributed by atoms with van der Waals surface area (Å²) in [6, 6.07) is 6.83. The largest absolute Gasteiger partial charge is 0.364 e. The summed E-state index contributed by atoms with van der Waals surface area (Å²) >= 11 is 6.55. The first-order valence-electron chi connectivity index (χ1n) is 8.42. The second-order valence-electron chi connectivity index (χ2n) is 6.82. The number of hydrogen-bond acceptors (Lipinski definition) is 2. The molecule has 0 amide bonds. The average Bonchev–Trinajstić information content (AvgIpc) is 2.48. The van der Waals surface area contributed by atoms with Crippen LogP contribution in [-0.4, -0.2) is 24.7 Å². The predicted molar refractivity (Wildman–Crippen MR) is 91.4 cm³/mol. The Morgan fingerprint density at radius 1 is 1.29 bits per heavy atom. The minimum atomic E-state index is 0.315. The topological polar surface area (TPSA) is 15.3 Å². The van der Waals surface area contributed by atoms with Crippen molar-refractivity contribution in [1.82, 2.24) is 5.32 Å². The molecule has 1 unspecified atom stereocenters. The minimum absolute atomic E-state index is 0.315. The van der Waals surface area contributed by atoms with Crippen molar-refractivity contribution in [3.05, 3.63) is 28.8 Å². The van der Waals surface area contributed by atoms with Gasteiger partial charge in [-0.1, -0.05) is 49.9 Å². The maximum atomic E-state index is 6.55. The van der Waals surface area contributed by atoms with Gasteiger partial charge in [-0.05, 0) is 37.8 Å². The van der Waals surface area contributed by atoms with Crippen molar-refractivity contribution in [2.24, 2.45) is 0 Å². The van der Waals surface area contributed by atoms with Crippen LogP contribution in [0.1, 0.15) is 51.0 Å². The standard InChI is InChI=1S/C18H27ClN2/c1-3-15-12-20-18(10-5-4-6-11-18)13-21(15)17-14(2)8-7-9-16(17)19/h7-9,15,20H,3-6,10-13H2,1-2H3. The first-order valence-corrected chi connectivity index (χ1v) is 8.80. The number of halogens is 1. The van der Waals surface area contributed by atoms with Gasteiger partial charge >= 0.3 is 0 Å². The van der Waals surface area contributed by atoms with Crippen molar-refractivity contribution in [3.8, 4) is 0 Å². The molecule has 1 saturated carbocycles. The molecule has 0 aromatic heterocycles. The van der Waals surface area contributed by atoms with E-state index in [0.29, 0.717) is 11.6 Å². The Balaban J connectivity index is 1.92. The van der Waals surface area contributed by atoms with Gasteiger partial charge in [0.05, 0.1) is 10.7 Å². The molecule has 1 atom stereocenters. The van der Waals surface area contributed by atoms with Crippen LogP contribution >= 0.6 is 11.6 Å². The van der Waals surface area contributed by atoms with Gasteiger partial charge in [-0.25, -0.2) is 0 Å². The molecule has 1 aliphatic carbocycles. The molecule has 1 saturated heterocycles. The fraction of sp³-hybridized carbons (Fsp3) is 0.667. The van der Waals surface area contributed by atoms with Gasteiger partial charge in [-0.15, -0.1) is 0 Å². The number of para-hydroxylation sites is 1. The van der Waals surface area contributed by atoms with Crippen LogP contribution in [-0.2, 0) is 0 Å². The number of piperazine rings is 1. The summed E-state index contributed by atoms with van der Waals surface area (Å²) in [7, 11) is 0. The zero-order chi connectivity index (χ0) is 14.9. The van der Waals surface area contributed by atoms with Crippen LogP contribution in [0.2, 0.25) is 5.02 Å². The summed E-state index contributed by atoms with van der Waals surface area (Å²) in [5, 5.41) is 4.79. The average molecular weight is 307 g/mol. The zero-order valence-electron chi connectivity index (χ0n) is 13.3. The third kappa shape index (κ3) is 2.93. The van der Waals surface area contributed by atoms with Gasteiger partial charge in [-0.2, -0.15) is 0 Å². The third-order valence-electron chi connectivity index (χ3n) is 5.38. The summed E-state index contributed by atoms with van der Waals surface area (Å²) < 4.78 is 0. The number of hydrogen-bond donors (Lipinski definition) is 1. The van der Waals surface area contributed by atoms with Crippen molar-refractivity contribution in [3.63, 3.8) is 0 Å². The van der Waals surface area contributed by atoms with E-state index >= 15 is 0 Å². The molecule has 2 fully saturated rings. The predicted octanol–water partition coefficient (Wildman–Crippen LogP) is 4.54. The molecule has 21 heavy (non-hydrogen) atoms. The fourth-order valence-electron chi connectivity index (χ4n) is 4.13. The molecular weight excluding hydrogens is 280 g/mol. The maximum absolute atomic E-state index is 6.55. The molecule has 3 rings (SSSR count). The van der Waals surface area contributed by atoms with E-state index in [9.17, 15) is 0 Å². The molecule has 0 bridgehead atoms. The van der Waals surface area contributed by atoms with Gasteiger partial charge in [-0.3, -0.25) is 0 Å². The van der Waals surface area contributed by atoms with Crippen LogP contribution in [0.15, 0.2) is 18.2 Å². The Bertz CT molecular complexity index is 474. The van der Waals surface area contributed by atoms with E-state index in [2.05, 4.69) is 36.2 Å². The number of nitrogens with zero attached hydrogens (tertiary/aromatic N) is 1. The van der Waals surface area contributed by atoms with Crippen molar-refractivity contribution >= 4 is 17.3 Å². The molecule has 1 spiro atoms. The monoisotopic (exact) mass is 306 g/mol. The van der Waals surface area contributed by atoms with Gasteiger partial charge in [0.2, 0.25) is 0 Å². The number of rotatable bonds is 2. The van der Waals surface area contributed by atoms with Crippen LogP contribution in [0.3, 0.4) is 0 Å². The lowest BCUT2D eigenvalue weighted by atomic mass is 9.79. The SMILES string of the molecule is CCC1CNC2(CCCCC2)CN1c1c(C)cccc1Cl. The van der Waals surface area contributed by atoms with E-state index in [1.54, 1.807) is 0 Å². The Morgan fingerprint density at radius 2 is 2.05 bits per heavy atom. The zero-order valence-corrected chi connectivity index (χ0v) is 14.0. The summed E-state index contributed by atoms with van der Waals surface area (Å²) in [6.45, 7) is 6.66. The number of nitrogens with one attached hydrogen (secondary N) is 1. The van der Waals surface area contributed by atoms with Crippen molar-refractivity contribution in [1.29, 1.82) is 0 Å². The molecule has 1 aromatic carbocycles. The lowest BCUT2D eigenvalue weighted by Gasteiger charge is -2.51. The van der Waals surface area contributed by atoms with E-state index < -0.39 is 0 Å². The number of benzene rings is 1. The quantitative estimate of drug-likeness (QED) is 0.863. The van der Waals surface area contributed by atoms with Crippen molar-refractivity contribution < 1.29 is 0 Å². The molecule has 1 aromatic rings. The number of aryl methyl sites for hydroxylation is 1. The lowest BCUT2D eigenvalue weighted by molar-refractivity contribution is 0.196. The third-order valence-corrected chi connectivity index (χ3v) is 5.69. The molecule has 1 aliphatic heterocycles. The van der Waals surface area contributed by atoms with Gasteiger partial charge in [0.1, 0.15) is 0 Å². The van der Waals surface area contributed by atoms with Gasteiger partial charge in [0.25, 0.3) is 0 Å². The Labute approximate surface area is 133 Å². The summed E-state index contributed by atoms with van der Waals surface area (Å²) in [6.07, 6.45) is 7.89. The van der Waals surface area contributed by atoms with Crippen LogP contribution in [0.5, 0.6) is 0 Å². The molecule has 3 heteroatoms. The van der Waals surface area contributed by atoms with E-state index in [1.165, 1.54) is 43.4 Å². The van der Waals surface area contributed by atoms with Crippen molar-refractivity contribution in [2.45, 2.75) is 64.0 Å². The maximum Gasteiger partial charge on any atom is 0.0642 e. The highest BCUT2D eigenvalue weighted by Crippen LogP contribution is 2.38. The fourth-order valence-corrected chi connectivity index (χ4v) is 4.46. The Kier molecular flexibility index (Phi) is 4.46. The molecule has 116 valence electrons. The number of anilines is 1. The van der Waals surface area contributed by atoms with E-state index in [4.69, 9.17) is 11.6 Å². The molecule has 1 N–H and O–H groups in total. The van der Waals surface area contributed by atoms with E-state index in [0.717, 1.165) is 24.5 Å². The lowest BCUT2D eigenvalue weighted by Crippen LogP contribution is -2.65. The highest BCUT2D eigenvalue weighted by molar-refractivity contribution is 6.33. The molecule has 2 nitrogen and oxygen atoms in total. The van der Waals surface area contributed by atoms with Gasteiger partial charge in [0, 0.05) is 24.7 Å². The summed E-state index contributed by atoms with van der Waals surface area (Å²) in [4.78, 5) is 2.60. The van der Waals surface area contributed by atoms with E-state index in [1.807, 2.05) is 6.07 Å². The van der Waals surface area contributed by atoms with Crippen LogP contribution < -0.4 is 10.2 Å². The van der Waals surface area contributed by atoms with Crippen molar-refractivity contribution in [2.75, 3.05) is 18.0 Å². The first kappa shape index (κ1) is 15.2.